The second-order valence-corrected chi connectivity index (χ2v) is 16.6. The van der Waals surface area contributed by atoms with Gasteiger partial charge in [-0.25, -0.2) is 24.0 Å². The number of pyridine rings is 1. The van der Waals surface area contributed by atoms with E-state index in [1.165, 1.54) is 25.6 Å². The highest BCUT2D eigenvalue weighted by molar-refractivity contribution is 6.05. The lowest BCUT2D eigenvalue weighted by Crippen LogP contribution is -2.52. The summed E-state index contributed by atoms with van der Waals surface area (Å²) < 4.78 is 21.0. The third-order valence-corrected chi connectivity index (χ3v) is 12.6. The first-order valence-electron chi connectivity index (χ1n) is 21.2. The second-order valence-electron chi connectivity index (χ2n) is 16.6. The molecule has 326 valence electrons. The van der Waals surface area contributed by atoms with Crippen molar-refractivity contribution in [3.63, 3.8) is 0 Å². The Morgan fingerprint density at radius 3 is 2.47 bits per heavy atom. The zero-order valence-electron chi connectivity index (χ0n) is 35.0. The smallest absolute Gasteiger partial charge is 0.255 e. The number of amides is 4. The van der Waals surface area contributed by atoms with Crippen molar-refractivity contribution in [2.24, 2.45) is 0 Å². The highest BCUT2D eigenvalue weighted by Gasteiger charge is 2.39. The number of hydrogen-bond acceptors (Lipinski definition) is 13. The average Bonchev–Trinajstić information content (AvgIpc) is 3.84. The number of rotatable bonds is 11. The number of anilines is 3. The monoisotopic (exact) mass is 864 g/mol. The number of fused-ring (bicyclic) bond motifs is 2. The Balaban J connectivity index is 0.730. The molecule has 1 unspecified atom stereocenters. The Kier molecular flexibility index (Phi) is 10.6. The van der Waals surface area contributed by atoms with Gasteiger partial charge in [0.15, 0.2) is 5.65 Å². The number of nitrogens with zero attached hydrogens (tertiary/aromatic N) is 9. The number of carbonyl (C=O) groups excluding carboxylic acids is 4. The van der Waals surface area contributed by atoms with Crippen molar-refractivity contribution in [1.82, 2.24) is 45.2 Å². The quantitative estimate of drug-likeness (QED) is 0.160. The molecule has 17 nitrogen and oxygen atoms in total. The number of nitrogens with one attached hydrogen (secondary N) is 2. The highest BCUT2D eigenvalue weighted by atomic mass is 19.1. The third-order valence-electron chi connectivity index (χ3n) is 12.6. The summed E-state index contributed by atoms with van der Waals surface area (Å²) >= 11 is 0. The summed E-state index contributed by atoms with van der Waals surface area (Å²) in [6, 6.07) is 21.0. The highest BCUT2D eigenvalue weighted by Crippen LogP contribution is 2.36. The Bertz CT molecular complexity index is 2800. The molecule has 10 rings (SSSR count). The van der Waals surface area contributed by atoms with Gasteiger partial charge >= 0.3 is 0 Å². The zero-order chi connectivity index (χ0) is 44.1. The molecule has 1 atom stereocenters. The predicted octanol–water partition coefficient (Wildman–Crippen LogP) is 3.69. The van der Waals surface area contributed by atoms with E-state index in [1.807, 2.05) is 47.3 Å². The van der Waals surface area contributed by atoms with Crippen molar-refractivity contribution in [3.05, 3.63) is 119 Å². The van der Waals surface area contributed by atoms with Gasteiger partial charge < -0.3 is 30.5 Å². The number of methoxy groups -OCH3 is 1. The molecule has 6 aromatic rings. The molecular weight excluding hydrogens is 820 g/mol. The molecule has 0 aliphatic carbocycles. The van der Waals surface area contributed by atoms with Crippen LogP contribution in [0.1, 0.15) is 56.3 Å². The fraction of sp³-hybridized carbons (Fsp3) is 0.304. The molecule has 7 heterocycles. The number of benzene rings is 3. The lowest BCUT2D eigenvalue weighted by molar-refractivity contribution is -0.136. The summed E-state index contributed by atoms with van der Waals surface area (Å²) in [6.45, 7) is 6.17. The van der Waals surface area contributed by atoms with Crippen LogP contribution in [0.25, 0.3) is 22.3 Å². The summed E-state index contributed by atoms with van der Waals surface area (Å²) in [5.74, 6) is -0.309. The van der Waals surface area contributed by atoms with Gasteiger partial charge in [0.2, 0.25) is 11.8 Å². The number of hydrogen-bond donors (Lipinski definition) is 3. The Labute approximate surface area is 367 Å². The summed E-state index contributed by atoms with van der Waals surface area (Å²) in [5, 5.41) is 10.9. The molecule has 3 aromatic heterocycles. The average molecular weight is 865 g/mol. The normalized spacial score (nSPS) is 18.0. The number of halogens is 1. The first-order chi connectivity index (χ1) is 31.1. The Morgan fingerprint density at radius 1 is 0.922 bits per heavy atom. The molecule has 18 heteroatoms. The van der Waals surface area contributed by atoms with Crippen LogP contribution in [0.2, 0.25) is 0 Å². The van der Waals surface area contributed by atoms with Crippen LogP contribution >= 0.6 is 0 Å². The Hall–Kier alpha value is -7.47. The molecule has 0 radical (unpaired) electrons. The largest absolute Gasteiger partial charge is 0.496 e. The van der Waals surface area contributed by atoms with E-state index >= 15 is 0 Å². The zero-order valence-corrected chi connectivity index (χ0v) is 35.0. The number of aromatic nitrogens is 5. The molecular formula is C46H45FN12O5. The first kappa shape index (κ1) is 40.6. The van der Waals surface area contributed by atoms with Crippen molar-refractivity contribution >= 4 is 52.0 Å². The van der Waals surface area contributed by atoms with Gasteiger partial charge in [-0.15, -0.1) is 0 Å². The topological polar surface area (TPSA) is 197 Å². The number of carbonyl (C=O) groups is 4. The van der Waals surface area contributed by atoms with E-state index < -0.39 is 23.7 Å². The number of piperidine rings is 1. The molecule has 4 aliphatic rings. The van der Waals surface area contributed by atoms with E-state index in [4.69, 9.17) is 20.6 Å². The van der Waals surface area contributed by atoms with E-state index in [0.717, 1.165) is 72.5 Å². The maximum absolute atomic E-state index is 13.8. The molecule has 3 fully saturated rings. The van der Waals surface area contributed by atoms with Crippen LogP contribution in [0.4, 0.5) is 21.7 Å². The third kappa shape index (κ3) is 7.69. The number of ether oxygens (including phenoxy) is 1. The van der Waals surface area contributed by atoms with Gasteiger partial charge in [-0.1, -0.05) is 30.3 Å². The molecule has 0 spiro atoms. The van der Waals surface area contributed by atoms with Crippen LogP contribution in [0, 0.1) is 5.82 Å². The molecule has 0 bridgehead atoms. The Morgan fingerprint density at radius 2 is 1.72 bits per heavy atom. The number of piperazine rings is 1. The SMILES string of the molecule is COc1ccc(F)cc1C(=O)NCc1ccc(-c2nn(C3CN(c4ccc(CN5CCN(c6ccc7c(c6)CN(C6CCC(=O)NC6=O)C7=O)CC5)cn4)C3)c3ncnc(N)c23)cc1. The van der Waals surface area contributed by atoms with Crippen molar-refractivity contribution in [1.29, 1.82) is 0 Å². The number of imide groups is 1. The number of nitrogens with two attached hydrogens (primary N) is 1. The van der Waals surface area contributed by atoms with Gasteiger partial charge in [-0.2, -0.15) is 5.10 Å². The van der Waals surface area contributed by atoms with Crippen LogP contribution in [-0.2, 0) is 29.2 Å². The summed E-state index contributed by atoms with van der Waals surface area (Å²) in [4.78, 5) is 72.3. The fourth-order valence-corrected chi connectivity index (χ4v) is 9.04. The molecule has 64 heavy (non-hydrogen) atoms. The molecule has 4 N–H and O–H groups in total. The van der Waals surface area contributed by atoms with E-state index in [9.17, 15) is 23.6 Å². The minimum atomic E-state index is -0.625. The van der Waals surface area contributed by atoms with E-state index in [-0.39, 0.29) is 36.4 Å². The predicted molar refractivity (Wildman–Crippen MR) is 235 cm³/mol. The van der Waals surface area contributed by atoms with E-state index in [2.05, 4.69) is 53.5 Å². The van der Waals surface area contributed by atoms with Crippen molar-refractivity contribution in [3.8, 4) is 17.0 Å². The van der Waals surface area contributed by atoms with Crippen LogP contribution in [0.15, 0.2) is 85.3 Å². The van der Waals surface area contributed by atoms with E-state index in [0.29, 0.717) is 59.9 Å². The fourth-order valence-electron chi connectivity index (χ4n) is 9.04. The van der Waals surface area contributed by atoms with Gasteiger partial charge in [0, 0.05) is 88.3 Å². The van der Waals surface area contributed by atoms with Gasteiger partial charge in [-0.3, -0.25) is 29.4 Å². The summed E-state index contributed by atoms with van der Waals surface area (Å²) in [5.41, 5.74) is 13.2. The van der Waals surface area contributed by atoms with E-state index in [1.54, 1.807) is 4.90 Å². The van der Waals surface area contributed by atoms with Gasteiger partial charge in [0.05, 0.1) is 24.1 Å². The lowest BCUT2D eigenvalue weighted by Gasteiger charge is -2.40. The van der Waals surface area contributed by atoms with Crippen molar-refractivity contribution in [2.75, 3.05) is 61.9 Å². The van der Waals surface area contributed by atoms with Gasteiger partial charge in [-0.05, 0) is 65.6 Å². The van der Waals surface area contributed by atoms with Crippen LogP contribution < -0.4 is 30.9 Å². The van der Waals surface area contributed by atoms with Crippen molar-refractivity contribution < 1.29 is 28.3 Å². The molecule has 3 saturated heterocycles. The summed E-state index contributed by atoms with van der Waals surface area (Å²) in [7, 11) is 1.43. The van der Waals surface area contributed by atoms with Crippen LogP contribution in [0.5, 0.6) is 5.75 Å². The van der Waals surface area contributed by atoms with Crippen LogP contribution in [0.3, 0.4) is 0 Å². The summed E-state index contributed by atoms with van der Waals surface area (Å²) in [6.07, 6.45) is 3.98. The van der Waals surface area contributed by atoms with Crippen LogP contribution in [-0.4, -0.2) is 111 Å². The second kappa shape index (κ2) is 16.7. The standard InChI is InChI=1S/C46H45FN12O5/c1-64-37-11-7-31(47)19-35(37)44(61)50-20-27-2-5-29(6-3-27)41-40-42(48)51-26-52-43(40)59(54-41)33-24-57(25-33)38-12-4-28(21-49-38)22-55-14-16-56(17-15-55)32-8-9-34-30(18-32)23-58(46(34)63)36-10-13-39(60)53-45(36)62/h2-9,11-12,18-19,21,26,33,36H,10,13-17,20,22-25H2,1H3,(H,50,61)(H2,48,51,52)(H,53,60,62). The molecule has 4 aliphatic heterocycles. The minimum Gasteiger partial charge on any atom is -0.496 e. The molecule has 3 aromatic carbocycles. The first-order valence-corrected chi connectivity index (χ1v) is 21.2. The lowest BCUT2D eigenvalue weighted by atomic mass is 10.0. The van der Waals surface area contributed by atoms with Crippen molar-refractivity contribution in [2.45, 2.75) is 44.6 Å². The van der Waals surface area contributed by atoms with Gasteiger partial charge in [0.1, 0.15) is 41.3 Å². The van der Waals surface area contributed by atoms with Gasteiger partial charge in [0.25, 0.3) is 11.8 Å². The molecule has 0 saturated carbocycles. The maximum Gasteiger partial charge on any atom is 0.255 e. The minimum absolute atomic E-state index is 0.0352. The maximum atomic E-state index is 13.8. The molecule has 4 amide bonds. The number of nitrogen functional groups attached to an aromatic ring is 1.